The van der Waals surface area contributed by atoms with Gasteiger partial charge in [-0.2, -0.15) is 0 Å². The molecule has 1 amide bonds. The number of pyridine rings is 1. The molecule has 3 aromatic rings. The van der Waals surface area contributed by atoms with E-state index in [1.54, 1.807) is 48.7 Å². The Hall–Kier alpha value is -2.56. The Morgan fingerprint density at radius 2 is 1.50 bits per heavy atom. The lowest BCUT2D eigenvalue weighted by molar-refractivity contribution is 0.102. The maximum absolute atomic E-state index is 12.3. The van der Waals surface area contributed by atoms with Gasteiger partial charge < -0.3 is 10.6 Å². The number of carbonyl (C=O) groups is 1. The van der Waals surface area contributed by atoms with Crippen molar-refractivity contribution in [2.45, 2.75) is 0 Å². The Kier molecular flexibility index (Phi) is 4.99. The zero-order valence-electron chi connectivity index (χ0n) is 12.5. The van der Waals surface area contributed by atoms with Gasteiger partial charge in [0.05, 0.1) is 17.4 Å². The molecule has 0 aliphatic carbocycles. The van der Waals surface area contributed by atoms with E-state index < -0.39 is 0 Å². The van der Waals surface area contributed by atoms with Crippen molar-refractivity contribution in [3.05, 3.63) is 82.6 Å². The van der Waals surface area contributed by atoms with E-state index >= 15 is 0 Å². The average molecular weight is 358 g/mol. The van der Waals surface area contributed by atoms with Crippen LogP contribution >= 0.6 is 23.2 Å². The predicted molar refractivity (Wildman–Crippen MR) is 98.4 cm³/mol. The molecule has 1 heterocycles. The highest BCUT2D eigenvalue weighted by atomic mass is 35.5. The monoisotopic (exact) mass is 357 g/mol. The standard InChI is InChI=1S/C18H13Cl2N3O/c19-13-3-1-5-15(8-13)22-17-7-12(10-21-11-17)18(24)23-16-6-2-4-14(20)9-16/h1-11,22H,(H,23,24). The number of halogens is 2. The fraction of sp³-hybridized carbons (Fsp3) is 0. The van der Waals surface area contributed by atoms with Gasteiger partial charge in [0.25, 0.3) is 5.91 Å². The molecule has 0 saturated heterocycles. The number of hydrogen-bond donors (Lipinski definition) is 2. The van der Waals surface area contributed by atoms with Crippen molar-refractivity contribution in [1.29, 1.82) is 0 Å². The van der Waals surface area contributed by atoms with E-state index in [0.717, 1.165) is 5.69 Å². The van der Waals surface area contributed by atoms with Gasteiger partial charge in [-0.05, 0) is 42.5 Å². The molecule has 0 unspecified atom stereocenters. The van der Waals surface area contributed by atoms with Crippen LogP contribution in [0.25, 0.3) is 0 Å². The molecule has 2 N–H and O–H groups in total. The van der Waals surface area contributed by atoms with Crippen LogP contribution in [0.3, 0.4) is 0 Å². The molecule has 120 valence electrons. The maximum Gasteiger partial charge on any atom is 0.257 e. The molecular formula is C18H13Cl2N3O. The summed E-state index contributed by atoms with van der Waals surface area (Å²) in [5.41, 5.74) is 2.57. The molecule has 0 aliphatic rings. The van der Waals surface area contributed by atoms with Crippen LogP contribution in [0.2, 0.25) is 10.0 Å². The fourth-order valence-electron chi connectivity index (χ4n) is 2.13. The highest BCUT2D eigenvalue weighted by molar-refractivity contribution is 6.31. The molecule has 2 aromatic carbocycles. The van der Waals surface area contributed by atoms with Gasteiger partial charge >= 0.3 is 0 Å². The minimum absolute atomic E-state index is 0.264. The quantitative estimate of drug-likeness (QED) is 0.658. The highest BCUT2D eigenvalue weighted by Crippen LogP contribution is 2.21. The first-order valence-electron chi connectivity index (χ1n) is 7.15. The number of carbonyl (C=O) groups excluding carboxylic acids is 1. The van der Waals surface area contributed by atoms with E-state index in [9.17, 15) is 4.79 Å². The normalized spacial score (nSPS) is 10.2. The topological polar surface area (TPSA) is 54.0 Å². The number of anilines is 3. The molecule has 0 radical (unpaired) electrons. The zero-order chi connectivity index (χ0) is 16.9. The van der Waals surface area contributed by atoms with Crippen LogP contribution in [0.15, 0.2) is 67.0 Å². The second-order valence-corrected chi connectivity index (χ2v) is 5.93. The molecule has 0 saturated carbocycles. The summed E-state index contributed by atoms with van der Waals surface area (Å²) in [5, 5.41) is 7.14. The summed E-state index contributed by atoms with van der Waals surface area (Å²) in [4.78, 5) is 16.4. The molecule has 3 rings (SSSR count). The van der Waals surface area contributed by atoms with Crippen LogP contribution in [0, 0.1) is 0 Å². The lowest BCUT2D eigenvalue weighted by Gasteiger charge is -2.09. The molecule has 4 nitrogen and oxygen atoms in total. The summed E-state index contributed by atoms with van der Waals surface area (Å²) >= 11 is 11.9. The number of benzene rings is 2. The number of hydrogen-bond acceptors (Lipinski definition) is 3. The van der Waals surface area contributed by atoms with Crippen LogP contribution in [-0.2, 0) is 0 Å². The molecule has 0 fully saturated rings. The van der Waals surface area contributed by atoms with Gasteiger partial charge in [0, 0.05) is 27.6 Å². The van der Waals surface area contributed by atoms with Crippen molar-refractivity contribution in [3.8, 4) is 0 Å². The Morgan fingerprint density at radius 3 is 2.21 bits per heavy atom. The summed E-state index contributed by atoms with van der Waals surface area (Å²) in [5.74, 6) is -0.264. The van der Waals surface area contributed by atoms with Crippen molar-refractivity contribution in [2.75, 3.05) is 10.6 Å². The van der Waals surface area contributed by atoms with Crippen LogP contribution < -0.4 is 10.6 Å². The fourth-order valence-corrected chi connectivity index (χ4v) is 2.52. The first-order chi connectivity index (χ1) is 11.6. The van der Waals surface area contributed by atoms with Crippen molar-refractivity contribution in [3.63, 3.8) is 0 Å². The summed E-state index contributed by atoms with van der Waals surface area (Å²) in [6, 6.07) is 16.0. The number of nitrogens with zero attached hydrogens (tertiary/aromatic N) is 1. The Bertz CT molecular complexity index is 883. The summed E-state index contributed by atoms with van der Waals surface area (Å²) in [6.45, 7) is 0. The summed E-state index contributed by atoms with van der Waals surface area (Å²) in [7, 11) is 0. The predicted octanol–water partition coefficient (Wildman–Crippen LogP) is 5.38. The first-order valence-corrected chi connectivity index (χ1v) is 7.90. The number of aromatic nitrogens is 1. The van der Waals surface area contributed by atoms with Gasteiger partial charge in [-0.15, -0.1) is 0 Å². The Labute approximate surface area is 149 Å². The van der Waals surface area contributed by atoms with Crippen LogP contribution in [0.5, 0.6) is 0 Å². The van der Waals surface area contributed by atoms with Crippen LogP contribution in [-0.4, -0.2) is 10.9 Å². The third-order valence-electron chi connectivity index (χ3n) is 3.20. The van der Waals surface area contributed by atoms with E-state index in [-0.39, 0.29) is 5.91 Å². The van der Waals surface area contributed by atoms with E-state index in [4.69, 9.17) is 23.2 Å². The van der Waals surface area contributed by atoms with E-state index in [2.05, 4.69) is 15.6 Å². The molecule has 0 bridgehead atoms. The molecule has 1 aromatic heterocycles. The number of amides is 1. The van der Waals surface area contributed by atoms with Gasteiger partial charge in [0.15, 0.2) is 0 Å². The zero-order valence-corrected chi connectivity index (χ0v) is 14.0. The Morgan fingerprint density at radius 1 is 0.833 bits per heavy atom. The van der Waals surface area contributed by atoms with Crippen LogP contribution in [0.4, 0.5) is 17.1 Å². The molecular weight excluding hydrogens is 345 g/mol. The van der Waals surface area contributed by atoms with Crippen molar-refractivity contribution in [2.24, 2.45) is 0 Å². The lowest BCUT2D eigenvalue weighted by Crippen LogP contribution is -2.12. The van der Waals surface area contributed by atoms with Crippen molar-refractivity contribution >= 4 is 46.2 Å². The van der Waals surface area contributed by atoms with Crippen molar-refractivity contribution < 1.29 is 4.79 Å². The molecule has 0 spiro atoms. The van der Waals surface area contributed by atoms with Gasteiger partial charge in [-0.1, -0.05) is 35.3 Å². The highest BCUT2D eigenvalue weighted by Gasteiger charge is 2.08. The molecule has 24 heavy (non-hydrogen) atoms. The van der Waals surface area contributed by atoms with E-state index in [1.807, 2.05) is 12.1 Å². The van der Waals surface area contributed by atoms with Gasteiger partial charge in [-0.3, -0.25) is 9.78 Å². The SMILES string of the molecule is O=C(Nc1cccc(Cl)c1)c1cncc(Nc2cccc(Cl)c2)c1. The van der Waals surface area contributed by atoms with Gasteiger partial charge in [0.2, 0.25) is 0 Å². The lowest BCUT2D eigenvalue weighted by atomic mass is 10.2. The number of rotatable bonds is 4. The van der Waals surface area contributed by atoms with E-state index in [1.165, 1.54) is 6.20 Å². The van der Waals surface area contributed by atoms with Crippen molar-refractivity contribution in [1.82, 2.24) is 4.98 Å². The number of nitrogens with one attached hydrogen (secondary N) is 2. The Balaban J connectivity index is 1.76. The summed E-state index contributed by atoms with van der Waals surface area (Å²) < 4.78 is 0. The third-order valence-corrected chi connectivity index (χ3v) is 3.67. The minimum Gasteiger partial charge on any atom is -0.354 e. The smallest absolute Gasteiger partial charge is 0.257 e. The van der Waals surface area contributed by atoms with Crippen LogP contribution in [0.1, 0.15) is 10.4 Å². The second kappa shape index (κ2) is 7.34. The third kappa shape index (κ3) is 4.25. The molecule has 6 heteroatoms. The second-order valence-electron chi connectivity index (χ2n) is 5.06. The van der Waals surface area contributed by atoms with Gasteiger partial charge in [-0.25, -0.2) is 0 Å². The maximum atomic E-state index is 12.3. The van der Waals surface area contributed by atoms with Gasteiger partial charge in [0.1, 0.15) is 0 Å². The minimum atomic E-state index is -0.264. The first kappa shape index (κ1) is 16.3. The van der Waals surface area contributed by atoms with E-state index in [0.29, 0.717) is 27.0 Å². The summed E-state index contributed by atoms with van der Waals surface area (Å²) in [6.07, 6.45) is 3.14. The molecule has 0 atom stereocenters. The average Bonchev–Trinajstić information content (AvgIpc) is 2.55. The largest absolute Gasteiger partial charge is 0.354 e. The molecule has 0 aliphatic heterocycles.